The first-order valence-corrected chi connectivity index (χ1v) is 12.8. The number of amides is 2. The van der Waals surface area contributed by atoms with Crippen molar-refractivity contribution in [1.82, 2.24) is 4.90 Å². The second kappa shape index (κ2) is 11.2. The van der Waals surface area contributed by atoms with Gasteiger partial charge in [-0.05, 0) is 72.3 Å². The Morgan fingerprint density at radius 2 is 1.66 bits per heavy atom. The van der Waals surface area contributed by atoms with E-state index in [9.17, 15) is 26.4 Å². The third kappa shape index (κ3) is 7.08. The molecule has 3 aromatic carbocycles. The fourth-order valence-corrected chi connectivity index (χ4v) is 4.50. The summed E-state index contributed by atoms with van der Waals surface area (Å²) in [7, 11) is -4.51. The van der Waals surface area contributed by atoms with Crippen molar-refractivity contribution in [3.05, 3.63) is 113 Å². The zero-order valence-electron chi connectivity index (χ0n) is 19.5. The van der Waals surface area contributed by atoms with Gasteiger partial charge in [-0.1, -0.05) is 29.8 Å². The van der Waals surface area contributed by atoms with Crippen LogP contribution >= 0.6 is 11.6 Å². The van der Waals surface area contributed by atoms with Gasteiger partial charge in [-0.25, -0.2) is 4.79 Å². The van der Waals surface area contributed by atoms with Crippen molar-refractivity contribution in [1.29, 1.82) is 0 Å². The average molecular weight is 565 g/mol. The normalized spacial score (nSPS) is 11.7. The summed E-state index contributed by atoms with van der Waals surface area (Å²) in [5, 5.41) is 3.30. The van der Waals surface area contributed by atoms with Crippen molar-refractivity contribution in [3.63, 3.8) is 0 Å². The highest BCUT2D eigenvalue weighted by atomic mass is 35.5. The second-order valence-electron chi connectivity index (χ2n) is 8.08. The maximum atomic E-state index is 13.0. The van der Waals surface area contributed by atoms with Crippen molar-refractivity contribution in [2.24, 2.45) is 0 Å². The van der Waals surface area contributed by atoms with Gasteiger partial charge in [0.25, 0.3) is 0 Å². The highest BCUT2D eigenvalue weighted by Crippen LogP contribution is 2.31. The summed E-state index contributed by atoms with van der Waals surface area (Å²) < 4.78 is 74.4. The number of nitrogens with zero attached hydrogens (tertiary/aromatic N) is 1. The molecule has 1 heterocycles. The first kappa shape index (κ1) is 27.1. The Labute approximate surface area is 221 Å². The van der Waals surface area contributed by atoms with Crippen LogP contribution in [0.25, 0.3) is 0 Å². The number of nitrogens with one attached hydrogen (secondary N) is 1. The highest BCUT2D eigenvalue weighted by molar-refractivity contribution is 7.87. The molecule has 0 unspecified atom stereocenters. The summed E-state index contributed by atoms with van der Waals surface area (Å²) in [5.74, 6) is 0.442. The second-order valence-corrected chi connectivity index (χ2v) is 10.1. The number of rotatable bonds is 8. The van der Waals surface area contributed by atoms with E-state index in [2.05, 4.69) is 5.32 Å². The number of halogens is 4. The molecule has 198 valence electrons. The van der Waals surface area contributed by atoms with Crippen LogP contribution in [0.15, 0.2) is 101 Å². The molecule has 12 heteroatoms. The molecule has 0 saturated carbocycles. The third-order valence-electron chi connectivity index (χ3n) is 5.26. The number of anilines is 1. The fourth-order valence-electron chi connectivity index (χ4n) is 3.40. The summed E-state index contributed by atoms with van der Waals surface area (Å²) in [6.07, 6.45) is -3.21. The van der Waals surface area contributed by atoms with E-state index < -0.39 is 32.8 Å². The summed E-state index contributed by atoms with van der Waals surface area (Å²) in [5.41, 5.74) is 0.0602. The van der Waals surface area contributed by atoms with Crippen LogP contribution in [0.3, 0.4) is 0 Å². The predicted octanol–water partition coefficient (Wildman–Crippen LogP) is 6.95. The Morgan fingerprint density at radius 3 is 2.29 bits per heavy atom. The molecule has 0 aliphatic rings. The smallest absolute Gasteiger partial charge is 0.416 e. The van der Waals surface area contributed by atoms with E-state index in [1.807, 2.05) is 0 Å². The van der Waals surface area contributed by atoms with Crippen molar-refractivity contribution >= 4 is 33.4 Å². The van der Waals surface area contributed by atoms with Gasteiger partial charge in [0.05, 0.1) is 18.4 Å². The number of furan rings is 1. The lowest BCUT2D eigenvalue weighted by Gasteiger charge is -2.22. The van der Waals surface area contributed by atoms with Crippen molar-refractivity contribution < 1.29 is 35.0 Å². The minimum Gasteiger partial charge on any atom is -0.467 e. The molecule has 0 spiro atoms. The van der Waals surface area contributed by atoms with Gasteiger partial charge in [-0.3, -0.25) is 0 Å². The van der Waals surface area contributed by atoms with Crippen LogP contribution in [0.1, 0.15) is 16.9 Å². The lowest BCUT2D eigenvalue weighted by molar-refractivity contribution is -0.137. The maximum Gasteiger partial charge on any atom is 0.416 e. The maximum absolute atomic E-state index is 13.0. The Bertz CT molecular complexity index is 1490. The standard InChI is InChI=1S/C26H20ClF3N2O5S/c27-20-8-10-21(11-9-20)31-25(33)32(17-23-4-2-14-36-23)16-18-6-12-22(13-7-18)37-38(34,35)24-5-1-3-19(15-24)26(28,29)30/h1-15H,16-17H2,(H,31,33). The zero-order chi connectivity index (χ0) is 27.3. The lowest BCUT2D eigenvalue weighted by Crippen LogP contribution is -2.33. The van der Waals surface area contributed by atoms with E-state index >= 15 is 0 Å². The van der Waals surface area contributed by atoms with Crippen LogP contribution in [0, 0.1) is 0 Å². The first-order valence-electron chi connectivity index (χ1n) is 11.0. The molecule has 0 fully saturated rings. The fraction of sp³-hybridized carbons (Fsp3) is 0.115. The van der Waals surface area contributed by atoms with Crippen LogP contribution < -0.4 is 9.50 Å². The van der Waals surface area contributed by atoms with E-state index in [-0.39, 0.29) is 18.8 Å². The number of carbonyl (C=O) groups excluding carboxylic acids is 1. The minimum absolute atomic E-state index is 0.102. The molecule has 2 amide bonds. The SMILES string of the molecule is O=C(Nc1ccc(Cl)cc1)N(Cc1ccc(OS(=O)(=O)c2cccc(C(F)(F)F)c2)cc1)Cc1ccco1. The number of urea groups is 1. The Balaban J connectivity index is 1.48. The zero-order valence-corrected chi connectivity index (χ0v) is 21.1. The highest BCUT2D eigenvalue weighted by Gasteiger charge is 2.32. The Morgan fingerprint density at radius 1 is 0.947 bits per heavy atom. The molecule has 0 radical (unpaired) electrons. The van der Waals surface area contributed by atoms with Crippen LogP contribution in [-0.4, -0.2) is 19.3 Å². The molecule has 4 aromatic rings. The number of alkyl halides is 3. The molecule has 0 bridgehead atoms. The first-order chi connectivity index (χ1) is 18.0. The summed E-state index contributed by atoms with van der Waals surface area (Å²) >= 11 is 5.90. The molecule has 0 atom stereocenters. The molecular weight excluding hydrogens is 545 g/mol. The third-order valence-corrected chi connectivity index (χ3v) is 6.76. The van der Waals surface area contributed by atoms with Gasteiger partial charge in [-0.2, -0.15) is 21.6 Å². The molecule has 1 aromatic heterocycles. The molecule has 4 rings (SSSR count). The molecule has 7 nitrogen and oxygen atoms in total. The lowest BCUT2D eigenvalue weighted by atomic mass is 10.2. The summed E-state index contributed by atoms with van der Waals surface area (Å²) in [6, 6.07) is 18.7. The predicted molar refractivity (Wildman–Crippen MR) is 134 cm³/mol. The Hall–Kier alpha value is -3.96. The topological polar surface area (TPSA) is 88.9 Å². The van der Waals surface area contributed by atoms with E-state index in [0.717, 1.165) is 18.2 Å². The van der Waals surface area contributed by atoms with Crippen LogP contribution in [-0.2, 0) is 29.4 Å². The molecule has 0 aliphatic heterocycles. The molecule has 0 aliphatic carbocycles. The van der Waals surface area contributed by atoms with Gasteiger partial charge in [0, 0.05) is 17.3 Å². The van der Waals surface area contributed by atoms with Gasteiger partial charge < -0.3 is 18.8 Å². The molecule has 0 saturated heterocycles. The largest absolute Gasteiger partial charge is 0.467 e. The van der Waals surface area contributed by atoms with Gasteiger partial charge in [-0.15, -0.1) is 0 Å². The van der Waals surface area contributed by atoms with Crippen molar-refractivity contribution in [2.75, 3.05) is 5.32 Å². The number of hydrogen-bond acceptors (Lipinski definition) is 5. The molecule has 1 N–H and O–H groups in total. The van der Waals surface area contributed by atoms with Crippen molar-refractivity contribution in [3.8, 4) is 5.75 Å². The van der Waals surface area contributed by atoms with E-state index in [4.69, 9.17) is 20.2 Å². The van der Waals surface area contributed by atoms with E-state index in [1.165, 1.54) is 23.3 Å². The van der Waals surface area contributed by atoms with Crippen LogP contribution in [0.2, 0.25) is 5.02 Å². The van der Waals surface area contributed by atoms with Gasteiger partial charge >= 0.3 is 22.3 Å². The van der Waals surface area contributed by atoms with Crippen LogP contribution in [0.4, 0.5) is 23.7 Å². The monoisotopic (exact) mass is 564 g/mol. The van der Waals surface area contributed by atoms with E-state index in [0.29, 0.717) is 28.1 Å². The average Bonchev–Trinajstić information content (AvgIpc) is 3.39. The van der Waals surface area contributed by atoms with E-state index in [1.54, 1.807) is 48.5 Å². The Kier molecular flexibility index (Phi) is 7.98. The number of benzene rings is 3. The van der Waals surface area contributed by atoms with Gasteiger partial charge in [0.15, 0.2) is 0 Å². The minimum atomic E-state index is -4.70. The summed E-state index contributed by atoms with van der Waals surface area (Å²) in [4.78, 5) is 13.8. The van der Waals surface area contributed by atoms with Crippen LogP contribution in [0.5, 0.6) is 5.75 Å². The summed E-state index contributed by atoms with van der Waals surface area (Å²) in [6.45, 7) is 0.273. The number of carbonyl (C=O) groups is 1. The molecule has 38 heavy (non-hydrogen) atoms. The number of hydrogen-bond donors (Lipinski definition) is 1. The van der Waals surface area contributed by atoms with Gasteiger partial charge in [0.1, 0.15) is 16.4 Å². The van der Waals surface area contributed by atoms with Gasteiger partial charge in [0.2, 0.25) is 0 Å². The quantitative estimate of drug-likeness (QED) is 0.234. The van der Waals surface area contributed by atoms with Crippen molar-refractivity contribution in [2.45, 2.75) is 24.2 Å². The molecular formula is C26H20ClF3N2O5S.